The third-order valence-corrected chi connectivity index (χ3v) is 7.34. The van der Waals surface area contributed by atoms with Crippen LogP contribution in [0.15, 0.2) is 91.0 Å². The monoisotopic (exact) mass is 562 g/mol. The van der Waals surface area contributed by atoms with E-state index < -0.39 is 47.9 Å². The minimum Gasteiger partial charge on any atom is -0.392 e. The quantitative estimate of drug-likeness (QED) is 0.262. The summed E-state index contributed by atoms with van der Waals surface area (Å²) in [6.45, 7) is 0.813. The van der Waals surface area contributed by atoms with Gasteiger partial charge in [0, 0.05) is 11.4 Å². The number of benzene rings is 4. The fraction of sp³-hybridized carbons (Fsp3) is 0.188. The van der Waals surface area contributed by atoms with Gasteiger partial charge in [-0.15, -0.1) is 0 Å². The van der Waals surface area contributed by atoms with Crippen LogP contribution in [0.2, 0.25) is 0 Å². The van der Waals surface area contributed by atoms with Crippen molar-refractivity contribution < 1.29 is 32.3 Å². The predicted octanol–water partition coefficient (Wildman–Crippen LogP) is 6.84. The molecular weight excluding hydrogens is 536 g/mol. The molecule has 0 spiro atoms. The summed E-state index contributed by atoms with van der Waals surface area (Å²) < 4.78 is 55.9. The second-order valence-corrected chi connectivity index (χ2v) is 9.92. The second kappa shape index (κ2) is 11.2. The van der Waals surface area contributed by atoms with Gasteiger partial charge in [-0.05, 0) is 59.9 Å². The summed E-state index contributed by atoms with van der Waals surface area (Å²) in [7, 11) is 0. The van der Waals surface area contributed by atoms with Gasteiger partial charge in [0.15, 0.2) is 0 Å². The summed E-state index contributed by atoms with van der Waals surface area (Å²) in [4.78, 5) is 29.4. The number of carbonyl (C=O) groups is 2. The summed E-state index contributed by atoms with van der Waals surface area (Å²) >= 11 is 0. The van der Waals surface area contributed by atoms with Crippen LogP contribution in [0.3, 0.4) is 0 Å². The Balaban J connectivity index is 1.62. The summed E-state index contributed by atoms with van der Waals surface area (Å²) in [5, 5.41) is 12.0. The van der Waals surface area contributed by atoms with Gasteiger partial charge in [0.05, 0.1) is 29.7 Å². The van der Waals surface area contributed by atoms with Gasteiger partial charge < -0.3 is 10.4 Å². The molecule has 41 heavy (non-hydrogen) atoms. The van der Waals surface area contributed by atoms with Crippen molar-refractivity contribution in [2.45, 2.75) is 32.2 Å². The number of carbonyl (C=O) groups excluding carboxylic acids is 2. The number of nitrogens with zero attached hydrogens (tertiary/aromatic N) is 1. The zero-order valence-electron chi connectivity index (χ0n) is 22.0. The highest BCUT2D eigenvalue weighted by Gasteiger charge is 2.43. The number of aliphatic hydroxyl groups is 1. The Labute approximate surface area is 234 Å². The molecule has 1 heterocycles. The Morgan fingerprint density at radius 3 is 2.34 bits per heavy atom. The van der Waals surface area contributed by atoms with Crippen molar-refractivity contribution in [3.63, 3.8) is 0 Å². The molecule has 2 amide bonds. The van der Waals surface area contributed by atoms with Crippen molar-refractivity contribution in [3.8, 4) is 0 Å². The fourth-order valence-electron chi connectivity index (χ4n) is 5.41. The molecule has 5 rings (SSSR count). The highest BCUT2D eigenvalue weighted by molar-refractivity contribution is 6.09. The predicted molar refractivity (Wildman–Crippen MR) is 147 cm³/mol. The Morgan fingerprint density at radius 2 is 1.66 bits per heavy atom. The molecule has 0 aromatic heterocycles. The van der Waals surface area contributed by atoms with E-state index in [1.54, 1.807) is 67.6 Å². The number of aliphatic hydroxyl groups excluding tert-OH is 1. The van der Waals surface area contributed by atoms with E-state index in [-0.39, 0.29) is 23.2 Å². The molecule has 9 heteroatoms. The zero-order chi connectivity index (χ0) is 29.3. The number of rotatable bonds is 5. The molecule has 4 aromatic carbocycles. The summed E-state index contributed by atoms with van der Waals surface area (Å²) in [6.07, 6.45) is -4.56. The first-order valence-electron chi connectivity index (χ1n) is 12.9. The maximum atomic E-state index is 15.1. The molecule has 0 unspecified atom stereocenters. The minimum atomic E-state index is -4.74. The van der Waals surface area contributed by atoms with Crippen molar-refractivity contribution in [2.24, 2.45) is 5.92 Å². The normalized spacial score (nSPS) is 16.7. The number of alkyl halides is 3. The lowest BCUT2D eigenvalue weighted by Crippen LogP contribution is -2.47. The Kier molecular flexibility index (Phi) is 7.64. The maximum absolute atomic E-state index is 15.1. The van der Waals surface area contributed by atoms with Crippen LogP contribution < -0.4 is 10.2 Å². The number of nitrogens with one attached hydrogen (secondary N) is 1. The van der Waals surface area contributed by atoms with E-state index in [1.807, 2.05) is 0 Å². The van der Waals surface area contributed by atoms with Crippen LogP contribution in [-0.4, -0.2) is 16.9 Å². The molecule has 0 fully saturated rings. The van der Waals surface area contributed by atoms with Crippen LogP contribution in [0.1, 0.15) is 44.2 Å². The van der Waals surface area contributed by atoms with Gasteiger partial charge in [-0.3, -0.25) is 14.5 Å². The average Bonchev–Trinajstić information content (AvgIpc) is 2.96. The molecule has 0 saturated heterocycles. The van der Waals surface area contributed by atoms with E-state index in [2.05, 4.69) is 5.32 Å². The number of fused-ring (bicyclic) bond motifs is 1. The molecule has 1 aliphatic rings. The lowest BCUT2D eigenvalue weighted by molar-refractivity contribution is -0.138. The van der Waals surface area contributed by atoms with Gasteiger partial charge in [0.25, 0.3) is 5.91 Å². The first kappa shape index (κ1) is 28.0. The Bertz CT molecular complexity index is 1580. The molecular formula is C32H26F4N2O3. The zero-order valence-corrected chi connectivity index (χ0v) is 22.0. The number of aryl methyl sites for hydroxylation is 1. The van der Waals surface area contributed by atoms with Crippen molar-refractivity contribution in [3.05, 3.63) is 130 Å². The van der Waals surface area contributed by atoms with Crippen LogP contribution >= 0.6 is 0 Å². The molecule has 0 radical (unpaired) electrons. The summed E-state index contributed by atoms with van der Waals surface area (Å²) in [5.74, 6) is -2.88. The van der Waals surface area contributed by atoms with Crippen LogP contribution in [0.5, 0.6) is 0 Å². The van der Waals surface area contributed by atoms with Crippen molar-refractivity contribution in [1.82, 2.24) is 0 Å². The molecule has 1 aliphatic heterocycles. The van der Waals surface area contributed by atoms with Gasteiger partial charge in [0.1, 0.15) is 5.82 Å². The van der Waals surface area contributed by atoms with E-state index in [1.165, 1.54) is 23.1 Å². The van der Waals surface area contributed by atoms with E-state index in [0.29, 0.717) is 22.4 Å². The van der Waals surface area contributed by atoms with E-state index in [4.69, 9.17) is 0 Å². The molecule has 0 saturated carbocycles. The summed E-state index contributed by atoms with van der Waals surface area (Å²) in [5.41, 5.74) is 0.607. The number of hydrogen-bond acceptors (Lipinski definition) is 3. The summed E-state index contributed by atoms with van der Waals surface area (Å²) in [6, 6.07) is 22.4. The third kappa shape index (κ3) is 5.45. The molecule has 210 valence electrons. The Morgan fingerprint density at radius 1 is 0.951 bits per heavy atom. The lowest BCUT2D eigenvalue weighted by Gasteiger charge is -2.42. The first-order valence-corrected chi connectivity index (χ1v) is 12.9. The van der Waals surface area contributed by atoms with Crippen molar-refractivity contribution >= 4 is 23.2 Å². The topological polar surface area (TPSA) is 69.6 Å². The highest BCUT2D eigenvalue weighted by atomic mass is 19.4. The molecule has 2 atom stereocenters. The molecule has 0 bridgehead atoms. The number of hydrogen-bond donors (Lipinski definition) is 2. The number of halogens is 4. The highest BCUT2D eigenvalue weighted by Crippen LogP contribution is 2.44. The van der Waals surface area contributed by atoms with E-state index in [9.17, 15) is 27.9 Å². The van der Waals surface area contributed by atoms with Gasteiger partial charge in [0.2, 0.25) is 5.91 Å². The van der Waals surface area contributed by atoms with Crippen LogP contribution in [0.4, 0.5) is 28.9 Å². The lowest BCUT2D eigenvalue weighted by atomic mass is 9.80. The van der Waals surface area contributed by atoms with Crippen molar-refractivity contribution in [1.29, 1.82) is 0 Å². The third-order valence-electron chi connectivity index (χ3n) is 7.34. The second-order valence-electron chi connectivity index (χ2n) is 9.92. The Hall–Kier alpha value is -4.50. The van der Waals surface area contributed by atoms with Crippen molar-refractivity contribution in [2.75, 3.05) is 10.2 Å². The van der Waals surface area contributed by atoms with E-state index >= 15 is 4.39 Å². The molecule has 0 aliphatic carbocycles. The van der Waals surface area contributed by atoms with Gasteiger partial charge in [-0.1, -0.05) is 66.7 Å². The van der Waals surface area contributed by atoms with Gasteiger partial charge in [-0.2, -0.15) is 13.2 Å². The maximum Gasteiger partial charge on any atom is 0.416 e. The number of para-hydroxylation sites is 1. The van der Waals surface area contributed by atoms with Crippen LogP contribution in [0, 0.1) is 18.7 Å². The smallest absolute Gasteiger partial charge is 0.392 e. The van der Waals surface area contributed by atoms with Gasteiger partial charge in [-0.25, -0.2) is 4.39 Å². The number of amides is 2. The first-order chi connectivity index (χ1) is 19.6. The number of anilines is 2. The van der Waals surface area contributed by atoms with Gasteiger partial charge >= 0.3 is 6.18 Å². The largest absolute Gasteiger partial charge is 0.416 e. The molecule has 2 N–H and O–H groups in total. The van der Waals surface area contributed by atoms with E-state index in [0.717, 1.165) is 12.1 Å². The van der Waals surface area contributed by atoms with Crippen LogP contribution in [0.25, 0.3) is 0 Å². The average molecular weight is 563 g/mol. The minimum absolute atomic E-state index is 0.104. The SMILES string of the molecule is Cc1cccc(F)c1C(=O)N1c2ccccc2C[C@H](C(=O)Nc2ccc(CO)c(C(F)(F)F)c2)[C@@H]1c1ccccc1. The van der Waals surface area contributed by atoms with Crippen LogP contribution in [-0.2, 0) is 24.0 Å². The molecule has 5 nitrogen and oxygen atoms in total. The molecule has 4 aromatic rings. The standard InChI is InChI=1S/C32H26F4N2O3/c1-19-8-7-12-26(33)28(19)31(41)38-27-13-6-5-11-21(27)16-24(29(38)20-9-3-2-4-10-20)30(40)37-23-15-14-22(18-39)25(17-23)32(34,35)36/h2-15,17,24,29,39H,16,18H2,1H3,(H,37,40)/t24-,29-/m0/s1. The fourth-order valence-corrected chi connectivity index (χ4v) is 5.41.